The van der Waals surface area contributed by atoms with Crippen molar-refractivity contribution >= 4 is 23.9 Å². The molecule has 0 saturated heterocycles. The Balaban J connectivity index is 1.28. The summed E-state index contributed by atoms with van der Waals surface area (Å²) in [5, 5.41) is 12.5. The number of amides is 3. The van der Waals surface area contributed by atoms with Gasteiger partial charge in [-0.2, -0.15) is 0 Å². The first-order valence-corrected chi connectivity index (χ1v) is 15.0. The number of benzene rings is 3. The molecule has 0 unspecified atom stereocenters. The van der Waals surface area contributed by atoms with Gasteiger partial charge in [0.2, 0.25) is 11.8 Å². The summed E-state index contributed by atoms with van der Waals surface area (Å²) < 4.78 is 5.65. The summed E-state index contributed by atoms with van der Waals surface area (Å²) in [5.74, 6) is -1.97. The smallest absolute Gasteiger partial charge is 0.407 e. The van der Waals surface area contributed by atoms with Crippen molar-refractivity contribution in [2.24, 2.45) is 5.92 Å². The second-order valence-corrected chi connectivity index (χ2v) is 11.6. The summed E-state index contributed by atoms with van der Waals surface area (Å²) >= 11 is 0. The molecule has 3 aromatic carbocycles. The second kappa shape index (κ2) is 14.7. The van der Waals surface area contributed by atoms with Crippen LogP contribution >= 0.6 is 0 Å². The fourth-order valence-electron chi connectivity index (χ4n) is 5.67. The summed E-state index contributed by atoms with van der Waals surface area (Å²) in [6, 6.07) is 23.5. The maximum absolute atomic E-state index is 13.3. The highest BCUT2D eigenvalue weighted by molar-refractivity contribution is 5.86. The molecule has 3 aromatic rings. The van der Waals surface area contributed by atoms with Crippen molar-refractivity contribution in [3.8, 4) is 11.1 Å². The molecule has 9 nitrogen and oxygen atoms in total. The van der Waals surface area contributed by atoms with E-state index >= 15 is 0 Å². The Bertz CT molecular complexity index is 1430. The van der Waals surface area contributed by atoms with E-state index in [4.69, 9.17) is 4.74 Å². The van der Waals surface area contributed by atoms with Crippen molar-refractivity contribution in [3.05, 3.63) is 95.6 Å². The number of nitrogens with one attached hydrogen (secondary N) is 1. The van der Waals surface area contributed by atoms with Gasteiger partial charge in [-0.3, -0.25) is 9.59 Å². The minimum atomic E-state index is -1.07. The van der Waals surface area contributed by atoms with Gasteiger partial charge in [-0.25, -0.2) is 9.59 Å². The molecule has 4 rings (SSSR count). The third kappa shape index (κ3) is 7.64. The predicted molar refractivity (Wildman–Crippen MR) is 168 cm³/mol. The second-order valence-electron chi connectivity index (χ2n) is 11.6. The lowest BCUT2D eigenvalue weighted by atomic mass is 9.98. The Morgan fingerprint density at radius 1 is 0.864 bits per heavy atom. The van der Waals surface area contributed by atoms with E-state index in [2.05, 4.69) is 17.4 Å². The number of alkyl carbamates (subject to hydrolysis) is 1. The summed E-state index contributed by atoms with van der Waals surface area (Å²) in [4.78, 5) is 53.7. The van der Waals surface area contributed by atoms with Crippen LogP contribution in [0.1, 0.15) is 49.3 Å². The molecule has 2 atom stereocenters. The van der Waals surface area contributed by atoms with E-state index in [-0.39, 0.29) is 49.6 Å². The van der Waals surface area contributed by atoms with Crippen LogP contribution in [-0.2, 0) is 25.5 Å². The number of carbonyl (C=O) groups excluding carboxylic acids is 3. The van der Waals surface area contributed by atoms with Crippen LogP contribution in [0.15, 0.2) is 78.9 Å². The molecule has 9 heteroatoms. The molecule has 0 aliphatic heterocycles. The molecule has 1 aliphatic carbocycles. The summed E-state index contributed by atoms with van der Waals surface area (Å²) in [6.07, 6.45) is -0.0335. The van der Waals surface area contributed by atoms with Crippen molar-refractivity contribution in [3.63, 3.8) is 0 Å². The number of hydrogen-bond acceptors (Lipinski definition) is 5. The van der Waals surface area contributed by atoms with Gasteiger partial charge in [-0.1, -0.05) is 92.7 Å². The number of hydrogen-bond donors (Lipinski definition) is 2. The van der Waals surface area contributed by atoms with Gasteiger partial charge >= 0.3 is 12.1 Å². The molecule has 0 heterocycles. The summed E-state index contributed by atoms with van der Waals surface area (Å²) in [7, 11) is 3.12. The molecule has 44 heavy (non-hydrogen) atoms. The van der Waals surface area contributed by atoms with Crippen LogP contribution in [-0.4, -0.2) is 78.1 Å². The zero-order chi connectivity index (χ0) is 31.8. The third-order valence-electron chi connectivity index (χ3n) is 8.23. The highest BCUT2D eigenvalue weighted by atomic mass is 16.5. The van der Waals surface area contributed by atoms with E-state index < -0.39 is 24.1 Å². The van der Waals surface area contributed by atoms with Crippen molar-refractivity contribution in [1.82, 2.24) is 15.1 Å². The first-order valence-electron chi connectivity index (χ1n) is 15.0. The third-order valence-corrected chi connectivity index (χ3v) is 8.23. The minimum absolute atomic E-state index is 0.0822. The first kappa shape index (κ1) is 32.3. The molecule has 1 aliphatic rings. The highest BCUT2D eigenvalue weighted by Gasteiger charge is 2.32. The van der Waals surface area contributed by atoms with Crippen LogP contribution in [0.4, 0.5) is 4.79 Å². The van der Waals surface area contributed by atoms with Crippen LogP contribution < -0.4 is 5.32 Å². The Morgan fingerprint density at radius 3 is 2.00 bits per heavy atom. The van der Waals surface area contributed by atoms with Crippen molar-refractivity contribution in [1.29, 1.82) is 0 Å². The average molecular weight is 600 g/mol. The number of carboxylic acids is 1. The predicted octanol–water partition coefficient (Wildman–Crippen LogP) is 4.94. The van der Waals surface area contributed by atoms with E-state index in [0.29, 0.717) is 6.42 Å². The molecule has 0 spiro atoms. The van der Waals surface area contributed by atoms with Crippen LogP contribution in [0, 0.1) is 5.92 Å². The van der Waals surface area contributed by atoms with Gasteiger partial charge in [0.05, 0.1) is 0 Å². The molecule has 0 saturated carbocycles. The topological polar surface area (TPSA) is 116 Å². The van der Waals surface area contributed by atoms with Gasteiger partial charge in [-0.05, 0) is 40.2 Å². The maximum atomic E-state index is 13.3. The Hall–Kier alpha value is -4.66. The number of carbonyl (C=O) groups is 4. The number of aliphatic carboxylic acids is 1. The van der Waals surface area contributed by atoms with E-state index in [1.165, 1.54) is 16.8 Å². The number of carboxylic acid groups (broad SMARTS) is 1. The largest absolute Gasteiger partial charge is 0.480 e. The number of likely N-dealkylation sites (N-methyl/N-ethyl adjacent to an activating group) is 2. The SMILES string of the molecule is CC(C)[C@H](NC(=O)OCC1c2ccccc2-c2ccccc21)C(=O)N(C)CCCC(=O)N(C)[C@@H](Cc1ccccc1)C(=O)O. The van der Waals surface area contributed by atoms with Crippen molar-refractivity contribution in [2.75, 3.05) is 27.2 Å². The van der Waals surface area contributed by atoms with Gasteiger partial charge in [-0.15, -0.1) is 0 Å². The zero-order valence-electron chi connectivity index (χ0n) is 25.7. The fraction of sp³-hybridized carbons (Fsp3) is 0.371. The standard InChI is InChI=1S/C35H41N3O6/c1-23(2)32(36-35(43)44-22-29-27-17-10-8-15-25(27)26-16-9-11-18-28(26)29)33(40)37(3)20-12-19-31(39)38(4)30(34(41)42)21-24-13-6-5-7-14-24/h5-11,13-18,23,29-30,32H,12,19-22H2,1-4H3,(H,36,43)(H,41,42)/t30-,32-/m0/s1. The Kier molecular flexibility index (Phi) is 10.8. The lowest BCUT2D eigenvalue weighted by molar-refractivity contribution is -0.149. The van der Waals surface area contributed by atoms with E-state index in [1.807, 2.05) is 80.6 Å². The lowest BCUT2D eigenvalue weighted by Gasteiger charge is -2.28. The molecule has 232 valence electrons. The van der Waals surface area contributed by atoms with E-state index in [9.17, 15) is 24.3 Å². The van der Waals surface area contributed by atoms with Crippen molar-refractivity contribution in [2.45, 2.75) is 51.1 Å². The normalized spacial score (nSPS) is 13.4. The van der Waals surface area contributed by atoms with Crippen molar-refractivity contribution < 1.29 is 29.0 Å². The monoisotopic (exact) mass is 599 g/mol. The average Bonchev–Trinajstić information content (AvgIpc) is 3.34. The van der Waals surface area contributed by atoms with Gasteiger partial charge in [0, 0.05) is 39.4 Å². The number of rotatable bonds is 13. The summed E-state index contributed by atoms with van der Waals surface area (Å²) in [6.45, 7) is 4.10. The molecular formula is C35H41N3O6. The summed E-state index contributed by atoms with van der Waals surface area (Å²) in [5.41, 5.74) is 5.30. The van der Waals surface area contributed by atoms with Gasteiger partial charge < -0.3 is 25.0 Å². The first-order chi connectivity index (χ1) is 21.1. The minimum Gasteiger partial charge on any atom is -0.480 e. The number of ether oxygens (including phenoxy) is 1. The van der Waals surface area contributed by atoms with Crippen LogP contribution in [0.25, 0.3) is 11.1 Å². The van der Waals surface area contributed by atoms with Crippen LogP contribution in [0.2, 0.25) is 0 Å². The molecule has 2 N–H and O–H groups in total. The zero-order valence-corrected chi connectivity index (χ0v) is 25.7. The van der Waals surface area contributed by atoms with Gasteiger partial charge in [0.1, 0.15) is 18.7 Å². The number of fused-ring (bicyclic) bond motifs is 3. The molecule has 0 bridgehead atoms. The Morgan fingerprint density at radius 2 is 1.43 bits per heavy atom. The van der Waals surface area contributed by atoms with Gasteiger partial charge in [0.25, 0.3) is 0 Å². The molecule has 3 amide bonds. The Labute approximate surface area is 258 Å². The van der Waals surface area contributed by atoms with E-state index in [1.54, 1.807) is 7.05 Å². The highest BCUT2D eigenvalue weighted by Crippen LogP contribution is 2.44. The molecular weight excluding hydrogens is 558 g/mol. The lowest BCUT2D eigenvalue weighted by Crippen LogP contribution is -2.50. The fourth-order valence-corrected chi connectivity index (χ4v) is 5.67. The molecule has 0 radical (unpaired) electrons. The molecule has 0 aromatic heterocycles. The quantitative estimate of drug-likeness (QED) is 0.288. The maximum Gasteiger partial charge on any atom is 0.407 e. The molecule has 0 fully saturated rings. The van der Waals surface area contributed by atoms with E-state index in [0.717, 1.165) is 27.8 Å². The van der Waals surface area contributed by atoms with Gasteiger partial charge in [0.15, 0.2) is 0 Å². The number of nitrogens with zero attached hydrogens (tertiary/aromatic N) is 2. The van der Waals surface area contributed by atoms with Crippen LogP contribution in [0.5, 0.6) is 0 Å². The van der Waals surface area contributed by atoms with Crippen LogP contribution in [0.3, 0.4) is 0 Å².